The van der Waals surface area contributed by atoms with Crippen molar-refractivity contribution in [2.75, 3.05) is 20.3 Å². The van der Waals surface area contributed by atoms with Crippen molar-refractivity contribution < 1.29 is 19.0 Å². The lowest BCUT2D eigenvalue weighted by Gasteiger charge is -2.26. The number of hydrogen-bond acceptors (Lipinski definition) is 4. The lowest BCUT2D eigenvalue weighted by molar-refractivity contribution is -0.148. The predicted octanol–water partition coefficient (Wildman–Crippen LogP) is 0.743. The van der Waals surface area contributed by atoms with Crippen LogP contribution in [-0.2, 0) is 19.0 Å². The second-order valence-corrected chi connectivity index (χ2v) is 4.51. The lowest BCUT2D eigenvalue weighted by Crippen LogP contribution is -2.48. The summed E-state index contributed by atoms with van der Waals surface area (Å²) in [5.74, 6) is 0.156. The molecule has 1 unspecified atom stereocenters. The minimum Gasteiger partial charge on any atom is -0.467 e. The molecule has 0 aliphatic carbocycles. The average molecular weight is 200 g/mol. The number of ether oxygens (including phenoxy) is 3. The van der Waals surface area contributed by atoms with Gasteiger partial charge in [0, 0.05) is 0 Å². The molecule has 0 saturated carbocycles. The SMILES string of the molecule is COC(=O)C1(CC(C)C)OC12COC2. The number of esters is 1. The first kappa shape index (κ1) is 9.93. The fourth-order valence-corrected chi connectivity index (χ4v) is 2.17. The van der Waals surface area contributed by atoms with E-state index in [2.05, 4.69) is 13.8 Å². The van der Waals surface area contributed by atoms with Gasteiger partial charge in [0.05, 0.1) is 20.3 Å². The summed E-state index contributed by atoms with van der Waals surface area (Å²) in [5.41, 5.74) is -1.07. The van der Waals surface area contributed by atoms with E-state index in [9.17, 15) is 4.79 Å². The third-order valence-electron chi connectivity index (χ3n) is 2.95. The quantitative estimate of drug-likeness (QED) is 0.498. The normalized spacial score (nSPS) is 32.9. The van der Waals surface area contributed by atoms with Crippen LogP contribution in [0.5, 0.6) is 0 Å². The Morgan fingerprint density at radius 3 is 2.43 bits per heavy atom. The van der Waals surface area contributed by atoms with Crippen LogP contribution in [0.3, 0.4) is 0 Å². The molecule has 1 atom stereocenters. The molecule has 0 aromatic carbocycles. The number of hydrogen-bond donors (Lipinski definition) is 0. The fourth-order valence-electron chi connectivity index (χ4n) is 2.17. The Balaban J connectivity index is 2.12. The first-order chi connectivity index (χ1) is 6.56. The van der Waals surface area contributed by atoms with Gasteiger partial charge >= 0.3 is 5.97 Å². The summed E-state index contributed by atoms with van der Waals surface area (Å²) in [6.07, 6.45) is 0.711. The highest BCUT2D eigenvalue weighted by molar-refractivity contribution is 5.85. The Morgan fingerprint density at radius 1 is 1.50 bits per heavy atom. The summed E-state index contributed by atoms with van der Waals surface area (Å²) in [4.78, 5) is 11.6. The zero-order valence-corrected chi connectivity index (χ0v) is 8.83. The third-order valence-corrected chi connectivity index (χ3v) is 2.95. The van der Waals surface area contributed by atoms with E-state index in [4.69, 9.17) is 14.2 Å². The van der Waals surface area contributed by atoms with Crippen LogP contribution in [0.4, 0.5) is 0 Å². The van der Waals surface area contributed by atoms with Crippen LogP contribution < -0.4 is 0 Å². The summed E-state index contributed by atoms with van der Waals surface area (Å²) in [6.45, 7) is 5.18. The van der Waals surface area contributed by atoms with Gasteiger partial charge < -0.3 is 14.2 Å². The largest absolute Gasteiger partial charge is 0.467 e. The van der Waals surface area contributed by atoms with Crippen molar-refractivity contribution in [1.82, 2.24) is 0 Å². The molecule has 2 heterocycles. The Bertz CT molecular complexity index is 257. The van der Waals surface area contributed by atoms with Gasteiger partial charge in [-0.25, -0.2) is 4.79 Å². The van der Waals surface area contributed by atoms with Crippen LogP contribution in [0, 0.1) is 5.92 Å². The van der Waals surface area contributed by atoms with Crippen molar-refractivity contribution >= 4 is 5.97 Å². The van der Waals surface area contributed by atoms with Gasteiger partial charge in [-0.05, 0) is 12.3 Å². The number of methoxy groups -OCH3 is 1. The van der Waals surface area contributed by atoms with Crippen LogP contribution in [0.15, 0.2) is 0 Å². The van der Waals surface area contributed by atoms with Crippen LogP contribution in [0.25, 0.3) is 0 Å². The highest BCUT2D eigenvalue weighted by Crippen LogP contribution is 2.56. The van der Waals surface area contributed by atoms with E-state index in [-0.39, 0.29) is 11.6 Å². The second kappa shape index (κ2) is 2.94. The monoisotopic (exact) mass is 200 g/mol. The molecule has 14 heavy (non-hydrogen) atoms. The van der Waals surface area contributed by atoms with Crippen molar-refractivity contribution in [2.24, 2.45) is 5.92 Å². The Labute approximate surface area is 83.5 Å². The molecule has 0 N–H and O–H groups in total. The van der Waals surface area contributed by atoms with Crippen molar-refractivity contribution in [3.05, 3.63) is 0 Å². The summed E-state index contributed by atoms with van der Waals surface area (Å²) in [7, 11) is 1.40. The molecule has 2 aliphatic rings. The van der Waals surface area contributed by atoms with Gasteiger partial charge in [0.1, 0.15) is 0 Å². The Hall–Kier alpha value is -0.610. The molecule has 2 aliphatic heterocycles. The van der Waals surface area contributed by atoms with E-state index in [1.807, 2.05) is 0 Å². The molecule has 80 valence electrons. The number of carbonyl (C=O) groups excluding carboxylic acids is 1. The predicted molar refractivity (Wildman–Crippen MR) is 48.8 cm³/mol. The summed E-state index contributed by atoms with van der Waals surface area (Å²) < 4.78 is 15.5. The van der Waals surface area contributed by atoms with Gasteiger partial charge in [0.15, 0.2) is 11.2 Å². The number of epoxide rings is 1. The molecule has 2 saturated heterocycles. The fraction of sp³-hybridized carbons (Fsp3) is 0.900. The summed E-state index contributed by atoms with van der Waals surface area (Å²) in [5, 5.41) is 0. The van der Waals surface area contributed by atoms with E-state index < -0.39 is 5.60 Å². The van der Waals surface area contributed by atoms with Crippen LogP contribution in [-0.4, -0.2) is 37.5 Å². The van der Waals surface area contributed by atoms with Gasteiger partial charge in [-0.1, -0.05) is 13.8 Å². The molecule has 0 amide bonds. The topological polar surface area (TPSA) is 48.1 Å². The molecule has 2 rings (SSSR count). The van der Waals surface area contributed by atoms with Gasteiger partial charge in [0.2, 0.25) is 0 Å². The van der Waals surface area contributed by atoms with E-state index in [0.29, 0.717) is 25.6 Å². The van der Waals surface area contributed by atoms with E-state index >= 15 is 0 Å². The van der Waals surface area contributed by atoms with Gasteiger partial charge in [0.25, 0.3) is 0 Å². The molecule has 2 fully saturated rings. The molecule has 4 heteroatoms. The molecule has 4 nitrogen and oxygen atoms in total. The molecular weight excluding hydrogens is 184 g/mol. The minimum atomic E-state index is -0.714. The van der Waals surface area contributed by atoms with Crippen LogP contribution in [0.2, 0.25) is 0 Å². The van der Waals surface area contributed by atoms with Gasteiger partial charge in [-0.15, -0.1) is 0 Å². The standard InChI is InChI=1S/C10H16O4/c1-7(2)4-10(8(11)12-3)9(14-10)5-13-6-9/h7H,4-6H2,1-3H3. The minimum absolute atomic E-state index is 0.255. The summed E-state index contributed by atoms with van der Waals surface area (Å²) in [6, 6.07) is 0. The smallest absolute Gasteiger partial charge is 0.341 e. The molecular formula is C10H16O4. The van der Waals surface area contributed by atoms with Crippen LogP contribution >= 0.6 is 0 Å². The zero-order chi connectivity index (χ0) is 10.4. The summed E-state index contributed by atoms with van der Waals surface area (Å²) >= 11 is 0. The van der Waals surface area contributed by atoms with Crippen molar-refractivity contribution in [2.45, 2.75) is 31.5 Å². The molecule has 0 aromatic rings. The maximum atomic E-state index is 11.6. The van der Waals surface area contributed by atoms with Crippen LogP contribution in [0.1, 0.15) is 20.3 Å². The second-order valence-electron chi connectivity index (χ2n) is 4.51. The Morgan fingerprint density at radius 2 is 2.14 bits per heavy atom. The highest BCUT2D eigenvalue weighted by atomic mass is 16.7. The maximum Gasteiger partial charge on any atom is 0.341 e. The van der Waals surface area contributed by atoms with Crippen molar-refractivity contribution in [3.63, 3.8) is 0 Å². The maximum absolute atomic E-state index is 11.6. The number of rotatable bonds is 3. The van der Waals surface area contributed by atoms with Gasteiger partial charge in [-0.3, -0.25) is 0 Å². The van der Waals surface area contributed by atoms with Gasteiger partial charge in [-0.2, -0.15) is 0 Å². The van der Waals surface area contributed by atoms with E-state index in [1.54, 1.807) is 0 Å². The highest BCUT2D eigenvalue weighted by Gasteiger charge is 2.78. The molecule has 0 bridgehead atoms. The van der Waals surface area contributed by atoms with E-state index in [1.165, 1.54) is 7.11 Å². The molecule has 1 spiro atoms. The first-order valence-corrected chi connectivity index (χ1v) is 4.93. The van der Waals surface area contributed by atoms with Crippen molar-refractivity contribution in [1.29, 1.82) is 0 Å². The molecule has 0 radical (unpaired) electrons. The lowest BCUT2D eigenvalue weighted by atomic mass is 9.84. The molecule has 0 aromatic heterocycles. The Kier molecular flexibility index (Phi) is 2.08. The zero-order valence-electron chi connectivity index (χ0n) is 8.83. The third kappa shape index (κ3) is 1.10. The average Bonchev–Trinajstić information content (AvgIpc) is 2.72. The first-order valence-electron chi connectivity index (χ1n) is 4.93. The number of carbonyl (C=O) groups is 1. The van der Waals surface area contributed by atoms with Crippen molar-refractivity contribution in [3.8, 4) is 0 Å². The van der Waals surface area contributed by atoms with E-state index in [0.717, 1.165) is 0 Å².